The molecule has 90 valence electrons. The Balaban J connectivity index is 2.29. The number of unbranched alkanes of at least 4 members (excludes halogenated alkanes) is 1. The maximum absolute atomic E-state index is 5.56. The Morgan fingerprint density at radius 3 is 2.20 bits per heavy atom. The molecule has 0 amide bonds. The third-order valence-corrected chi connectivity index (χ3v) is 4.41. The lowest BCUT2D eigenvalue weighted by Gasteiger charge is -2.21. The maximum Gasteiger partial charge on any atom is 0.680 e. The zero-order valence-electron chi connectivity index (χ0n) is 9.82. The molecule has 1 aliphatic heterocycles. The van der Waals surface area contributed by atoms with Crippen molar-refractivity contribution in [3.8, 4) is 0 Å². The second-order valence-corrected chi connectivity index (χ2v) is 5.88. The molecule has 1 saturated heterocycles. The van der Waals surface area contributed by atoms with E-state index in [9.17, 15) is 0 Å². The van der Waals surface area contributed by atoms with Gasteiger partial charge in [-0.2, -0.15) is 0 Å². The van der Waals surface area contributed by atoms with Crippen LogP contribution in [0.2, 0.25) is 0 Å². The van der Waals surface area contributed by atoms with E-state index in [2.05, 4.69) is 6.92 Å². The molecule has 2 unspecified atom stereocenters. The van der Waals surface area contributed by atoms with Gasteiger partial charge in [-0.05, 0) is 6.42 Å². The van der Waals surface area contributed by atoms with Gasteiger partial charge in [0.25, 0.3) is 0 Å². The van der Waals surface area contributed by atoms with E-state index in [1.165, 1.54) is 21.3 Å². The fourth-order valence-corrected chi connectivity index (χ4v) is 2.66. The minimum Gasteiger partial charge on any atom is -0.355 e. The fourth-order valence-electron chi connectivity index (χ4n) is 1.38. The van der Waals surface area contributed by atoms with Gasteiger partial charge in [0.1, 0.15) is 6.10 Å². The molecule has 0 aromatic carbocycles. The number of hydrogen-bond donors (Lipinski definition) is 0. The van der Waals surface area contributed by atoms with E-state index in [1.807, 2.05) is 0 Å². The number of rotatable bonds is 8. The zero-order chi connectivity index (χ0) is 11.3. The highest BCUT2D eigenvalue weighted by atomic mass is 28.4. The molecule has 1 rings (SSSR count). The van der Waals surface area contributed by atoms with Crippen molar-refractivity contribution in [2.24, 2.45) is 0 Å². The Kier molecular flexibility index (Phi) is 5.17. The molecule has 5 nitrogen and oxygen atoms in total. The highest BCUT2D eigenvalue weighted by Crippen LogP contribution is 2.31. The second kappa shape index (κ2) is 5.93. The van der Waals surface area contributed by atoms with Crippen LogP contribution in [-0.4, -0.2) is 42.8 Å². The quantitative estimate of drug-likeness (QED) is 0.469. The van der Waals surface area contributed by atoms with E-state index in [-0.39, 0.29) is 12.4 Å². The van der Waals surface area contributed by atoms with Crippen molar-refractivity contribution < 1.29 is 22.4 Å². The maximum atomic E-state index is 5.56. The van der Waals surface area contributed by atoms with Gasteiger partial charge in [0.2, 0.25) is 0 Å². The number of ether oxygens (including phenoxy) is 1. The lowest BCUT2D eigenvalue weighted by molar-refractivity contribution is -0.0216. The smallest absolute Gasteiger partial charge is 0.355 e. The number of hydrogen-bond acceptors (Lipinski definition) is 5. The molecule has 1 fully saturated rings. The summed E-state index contributed by atoms with van der Waals surface area (Å²) in [5.41, 5.74) is 0. The summed E-state index contributed by atoms with van der Waals surface area (Å²) in [6.07, 6.45) is 3.28. The van der Waals surface area contributed by atoms with Gasteiger partial charge in [-0.3, -0.25) is 0 Å². The first-order chi connectivity index (χ1) is 7.21. The van der Waals surface area contributed by atoms with Crippen LogP contribution in [0.3, 0.4) is 0 Å². The minimum atomic E-state index is -2.92. The van der Waals surface area contributed by atoms with Gasteiger partial charge in [0.05, 0.1) is 0 Å². The molecule has 0 saturated carbocycles. The summed E-state index contributed by atoms with van der Waals surface area (Å²) in [5, 5.41) is 0. The Morgan fingerprint density at radius 2 is 1.73 bits per heavy atom. The predicted molar refractivity (Wildman–Crippen MR) is 56.1 cm³/mol. The van der Waals surface area contributed by atoms with Crippen molar-refractivity contribution in [3.05, 3.63) is 0 Å². The molecule has 0 aromatic rings. The van der Waals surface area contributed by atoms with Crippen molar-refractivity contribution >= 4 is 9.05 Å². The Labute approximate surface area is 92.1 Å². The summed E-state index contributed by atoms with van der Waals surface area (Å²) in [6, 6.07) is 0. The molecule has 1 aliphatic rings. The fraction of sp³-hybridized carbons (Fsp3) is 1.00. The van der Waals surface area contributed by atoms with Crippen molar-refractivity contribution in [1.29, 1.82) is 0 Å². The monoisotopic (exact) mass is 236 g/mol. The van der Waals surface area contributed by atoms with Gasteiger partial charge in [-0.1, -0.05) is 19.8 Å². The summed E-state index contributed by atoms with van der Waals surface area (Å²) < 4.78 is 26.3. The van der Waals surface area contributed by atoms with Gasteiger partial charge in [0.15, 0.2) is 6.29 Å². The van der Waals surface area contributed by atoms with Crippen molar-refractivity contribution in [3.63, 3.8) is 0 Å². The zero-order valence-corrected chi connectivity index (χ0v) is 10.8. The van der Waals surface area contributed by atoms with Gasteiger partial charge in [0, 0.05) is 21.3 Å². The highest BCUT2D eigenvalue weighted by Gasteiger charge is 2.52. The van der Waals surface area contributed by atoms with Crippen LogP contribution >= 0.6 is 0 Å². The van der Waals surface area contributed by atoms with E-state index in [0.29, 0.717) is 0 Å². The van der Waals surface area contributed by atoms with Crippen LogP contribution < -0.4 is 0 Å². The van der Waals surface area contributed by atoms with Crippen LogP contribution in [0, 0.1) is 0 Å². The molecule has 0 aliphatic carbocycles. The Bertz CT molecular complexity index is 177. The lowest BCUT2D eigenvalue weighted by atomic mass is 10.2. The summed E-state index contributed by atoms with van der Waals surface area (Å²) in [6.45, 7) is 2.15. The van der Waals surface area contributed by atoms with Crippen LogP contribution in [0.4, 0.5) is 0 Å². The van der Waals surface area contributed by atoms with Gasteiger partial charge in [-0.15, -0.1) is 0 Å². The van der Waals surface area contributed by atoms with Gasteiger partial charge >= 0.3 is 9.05 Å². The second-order valence-electron chi connectivity index (χ2n) is 3.42. The average Bonchev–Trinajstić information content (AvgIpc) is 3.01. The van der Waals surface area contributed by atoms with Crippen LogP contribution in [0.25, 0.3) is 0 Å². The topological polar surface area (TPSA) is 49.5 Å². The van der Waals surface area contributed by atoms with E-state index in [4.69, 9.17) is 22.4 Å². The summed E-state index contributed by atoms with van der Waals surface area (Å²) >= 11 is 0. The molecule has 6 heteroatoms. The van der Waals surface area contributed by atoms with Crippen molar-refractivity contribution in [2.45, 2.75) is 38.6 Å². The van der Waals surface area contributed by atoms with Crippen LogP contribution in [0.1, 0.15) is 26.2 Å². The first kappa shape index (κ1) is 13.1. The van der Waals surface area contributed by atoms with E-state index in [1.54, 1.807) is 0 Å². The molecule has 2 atom stereocenters. The molecular weight excluding hydrogens is 216 g/mol. The van der Waals surface area contributed by atoms with Crippen LogP contribution in [0.5, 0.6) is 0 Å². The molecule has 0 radical (unpaired) electrons. The van der Waals surface area contributed by atoms with Crippen LogP contribution in [0.15, 0.2) is 0 Å². The van der Waals surface area contributed by atoms with E-state index >= 15 is 0 Å². The minimum absolute atomic E-state index is 0.178. The van der Waals surface area contributed by atoms with Crippen molar-refractivity contribution in [2.75, 3.05) is 21.3 Å². The average molecular weight is 236 g/mol. The number of epoxide rings is 1. The third kappa shape index (κ3) is 3.51. The van der Waals surface area contributed by atoms with Gasteiger partial charge in [-0.25, -0.2) is 0 Å². The Hall–Kier alpha value is 0.0169. The molecule has 1 heterocycles. The highest BCUT2D eigenvalue weighted by molar-refractivity contribution is 6.53. The molecule has 0 aromatic heterocycles. The lowest BCUT2D eigenvalue weighted by Crippen LogP contribution is -2.47. The molecule has 0 bridgehead atoms. The molecule has 15 heavy (non-hydrogen) atoms. The third-order valence-electron chi connectivity index (χ3n) is 2.39. The predicted octanol–water partition coefficient (Wildman–Crippen LogP) is 1.29. The summed E-state index contributed by atoms with van der Waals surface area (Å²) in [4.78, 5) is 0. The largest absolute Gasteiger partial charge is 0.680 e. The summed E-state index contributed by atoms with van der Waals surface area (Å²) in [7, 11) is 1.63. The standard InChI is InChI=1S/C9H20O5Si/c1-5-6-7-8-9(13-8)14-15(10-2,11-3)12-4/h8-9H,5-7H2,1-4H3. The molecule has 0 spiro atoms. The normalized spacial score (nSPS) is 25.6. The van der Waals surface area contributed by atoms with Gasteiger partial charge < -0.3 is 22.4 Å². The summed E-state index contributed by atoms with van der Waals surface area (Å²) in [5.74, 6) is 0. The molecule has 0 N–H and O–H groups in total. The molecular formula is C9H20O5Si. The SMILES string of the molecule is CCCCC1OC1O[Si](OC)(OC)OC. The Morgan fingerprint density at radius 1 is 1.13 bits per heavy atom. The van der Waals surface area contributed by atoms with E-state index < -0.39 is 9.05 Å². The van der Waals surface area contributed by atoms with Crippen LogP contribution in [-0.2, 0) is 22.4 Å². The first-order valence-electron chi connectivity index (χ1n) is 5.20. The first-order valence-corrected chi connectivity index (χ1v) is 6.83. The van der Waals surface area contributed by atoms with E-state index in [0.717, 1.165) is 19.3 Å². The van der Waals surface area contributed by atoms with Crippen molar-refractivity contribution in [1.82, 2.24) is 0 Å².